The summed E-state index contributed by atoms with van der Waals surface area (Å²) in [5.74, 6) is 0.684. The fraction of sp³-hybridized carbons (Fsp3) is 0.364. The number of carbonyl (C=O) groups is 1. The first-order valence-corrected chi connectivity index (χ1v) is 5.65. The first kappa shape index (κ1) is 11.1. The lowest BCUT2D eigenvalue weighted by molar-refractivity contribution is 0.175. The van der Waals surface area contributed by atoms with Crippen molar-refractivity contribution >= 4 is 17.1 Å². The molecule has 0 saturated carbocycles. The van der Waals surface area contributed by atoms with E-state index in [-0.39, 0.29) is 5.30 Å². The third kappa shape index (κ3) is 4.33. The molecule has 0 heterocycles. The normalized spacial score (nSPS) is 9.79. The van der Waals surface area contributed by atoms with Gasteiger partial charge in [-0.1, -0.05) is 37.3 Å². The molecule has 0 fully saturated rings. The lowest BCUT2D eigenvalue weighted by Gasteiger charge is -2.02. The van der Waals surface area contributed by atoms with Gasteiger partial charge in [-0.05, 0) is 23.7 Å². The van der Waals surface area contributed by atoms with Crippen molar-refractivity contribution in [1.82, 2.24) is 0 Å². The van der Waals surface area contributed by atoms with Crippen molar-refractivity contribution in [3.63, 3.8) is 0 Å². The zero-order valence-electron chi connectivity index (χ0n) is 8.23. The van der Waals surface area contributed by atoms with Crippen LogP contribution < -0.4 is 0 Å². The predicted molar refractivity (Wildman–Crippen MR) is 59.4 cm³/mol. The molecule has 0 aliphatic rings. The SMILES string of the molecule is CCCOC(=O)SCc1ccccc1. The van der Waals surface area contributed by atoms with Gasteiger partial charge < -0.3 is 4.74 Å². The number of hydrogen-bond acceptors (Lipinski definition) is 3. The molecule has 0 aromatic heterocycles. The largest absolute Gasteiger partial charge is 0.458 e. The van der Waals surface area contributed by atoms with Crippen molar-refractivity contribution in [2.75, 3.05) is 6.61 Å². The Balaban J connectivity index is 2.24. The molecular formula is C11H14O2S. The average Bonchev–Trinajstić information content (AvgIpc) is 2.25. The van der Waals surface area contributed by atoms with Gasteiger partial charge in [0, 0.05) is 5.75 Å². The fourth-order valence-corrected chi connectivity index (χ4v) is 1.59. The molecule has 0 bridgehead atoms. The highest BCUT2D eigenvalue weighted by Crippen LogP contribution is 2.13. The zero-order valence-corrected chi connectivity index (χ0v) is 9.05. The van der Waals surface area contributed by atoms with E-state index in [9.17, 15) is 4.79 Å². The van der Waals surface area contributed by atoms with E-state index < -0.39 is 0 Å². The predicted octanol–water partition coefficient (Wildman–Crippen LogP) is 3.47. The highest BCUT2D eigenvalue weighted by atomic mass is 32.2. The summed E-state index contributed by atoms with van der Waals surface area (Å²) >= 11 is 1.21. The minimum atomic E-state index is -0.185. The van der Waals surface area contributed by atoms with Gasteiger partial charge in [0.2, 0.25) is 0 Å². The topological polar surface area (TPSA) is 26.3 Å². The highest BCUT2D eigenvalue weighted by Gasteiger charge is 2.02. The van der Waals surface area contributed by atoms with Gasteiger partial charge in [-0.3, -0.25) is 0 Å². The van der Waals surface area contributed by atoms with Crippen LogP contribution in [0.4, 0.5) is 4.79 Å². The van der Waals surface area contributed by atoms with Crippen LogP contribution in [0.1, 0.15) is 18.9 Å². The Morgan fingerprint density at radius 1 is 1.36 bits per heavy atom. The molecule has 0 spiro atoms. The first-order chi connectivity index (χ1) is 6.83. The number of carbonyl (C=O) groups excluding carboxylic acids is 1. The Morgan fingerprint density at radius 2 is 2.07 bits per heavy atom. The quantitative estimate of drug-likeness (QED) is 0.712. The van der Waals surface area contributed by atoms with E-state index in [1.54, 1.807) is 0 Å². The summed E-state index contributed by atoms with van der Waals surface area (Å²) in [5.41, 5.74) is 1.14. The van der Waals surface area contributed by atoms with Crippen LogP contribution in [0.15, 0.2) is 30.3 Å². The van der Waals surface area contributed by atoms with Crippen molar-refractivity contribution in [1.29, 1.82) is 0 Å². The van der Waals surface area contributed by atoms with Gasteiger partial charge >= 0.3 is 5.30 Å². The van der Waals surface area contributed by atoms with E-state index in [2.05, 4.69) is 0 Å². The monoisotopic (exact) mass is 210 g/mol. The maximum absolute atomic E-state index is 11.1. The van der Waals surface area contributed by atoms with E-state index in [0.717, 1.165) is 12.0 Å². The molecule has 0 unspecified atom stereocenters. The Bertz CT molecular complexity index is 272. The highest BCUT2D eigenvalue weighted by molar-refractivity contribution is 8.12. The van der Waals surface area contributed by atoms with Crippen LogP contribution in [0.2, 0.25) is 0 Å². The second-order valence-electron chi connectivity index (χ2n) is 2.87. The summed E-state index contributed by atoms with van der Waals surface area (Å²) in [6, 6.07) is 9.89. The molecule has 2 nitrogen and oxygen atoms in total. The number of ether oxygens (including phenoxy) is 1. The summed E-state index contributed by atoms with van der Waals surface area (Å²) in [4.78, 5) is 11.1. The van der Waals surface area contributed by atoms with E-state index in [1.165, 1.54) is 11.8 Å². The molecule has 3 heteroatoms. The minimum Gasteiger partial charge on any atom is -0.458 e. The number of hydrogen-bond donors (Lipinski definition) is 0. The second-order valence-corrected chi connectivity index (χ2v) is 3.78. The summed E-state index contributed by atoms with van der Waals surface area (Å²) in [6.07, 6.45) is 0.873. The molecule has 0 amide bonds. The minimum absolute atomic E-state index is 0.185. The van der Waals surface area contributed by atoms with Crippen LogP contribution in [0.3, 0.4) is 0 Å². The zero-order chi connectivity index (χ0) is 10.2. The van der Waals surface area contributed by atoms with E-state index in [0.29, 0.717) is 12.4 Å². The van der Waals surface area contributed by atoms with Crippen molar-refractivity contribution in [3.05, 3.63) is 35.9 Å². The van der Waals surface area contributed by atoms with Crippen LogP contribution in [0.5, 0.6) is 0 Å². The summed E-state index contributed by atoms with van der Waals surface area (Å²) in [6.45, 7) is 2.50. The van der Waals surface area contributed by atoms with Crippen LogP contribution >= 0.6 is 11.8 Å². The summed E-state index contributed by atoms with van der Waals surface area (Å²) < 4.78 is 4.94. The smallest absolute Gasteiger partial charge is 0.367 e. The lowest BCUT2D eigenvalue weighted by Crippen LogP contribution is -1.98. The van der Waals surface area contributed by atoms with Crippen molar-refractivity contribution < 1.29 is 9.53 Å². The molecule has 0 radical (unpaired) electrons. The van der Waals surface area contributed by atoms with Gasteiger partial charge in [0.1, 0.15) is 0 Å². The molecule has 0 aliphatic heterocycles. The summed E-state index contributed by atoms with van der Waals surface area (Å²) in [7, 11) is 0. The maximum atomic E-state index is 11.1. The average molecular weight is 210 g/mol. The lowest BCUT2D eigenvalue weighted by atomic mass is 10.2. The fourth-order valence-electron chi connectivity index (χ4n) is 0.944. The molecule has 0 atom stereocenters. The molecule has 0 N–H and O–H groups in total. The molecule has 0 saturated heterocycles. The third-order valence-electron chi connectivity index (χ3n) is 1.62. The van der Waals surface area contributed by atoms with E-state index >= 15 is 0 Å². The van der Waals surface area contributed by atoms with Gasteiger partial charge in [0.15, 0.2) is 0 Å². The second kappa shape index (κ2) is 6.49. The molecule has 0 aliphatic carbocycles. The number of benzene rings is 1. The van der Waals surface area contributed by atoms with E-state index in [4.69, 9.17) is 4.74 Å². The van der Waals surface area contributed by atoms with Crippen LogP contribution in [-0.2, 0) is 10.5 Å². The third-order valence-corrected chi connectivity index (χ3v) is 2.45. The Kier molecular flexibility index (Phi) is 5.15. The Hall–Kier alpha value is -0.960. The Morgan fingerprint density at radius 3 is 2.71 bits per heavy atom. The number of thioether (sulfide) groups is 1. The molecule has 76 valence electrons. The van der Waals surface area contributed by atoms with E-state index in [1.807, 2.05) is 37.3 Å². The van der Waals surface area contributed by atoms with Crippen LogP contribution in [0.25, 0.3) is 0 Å². The van der Waals surface area contributed by atoms with Crippen molar-refractivity contribution in [3.8, 4) is 0 Å². The van der Waals surface area contributed by atoms with Crippen molar-refractivity contribution in [2.24, 2.45) is 0 Å². The Labute approximate surface area is 88.7 Å². The summed E-state index contributed by atoms with van der Waals surface area (Å²) in [5, 5.41) is -0.185. The van der Waals surface area contributed by atoms with Crippen LogP contribution in [-0.4, -0.2) is 11.9 Å². The van der Waals surface area contributed by atoms with Gasteiger partial charge in [-0.15, -0.1) is 0 Å². The first-order valence-electron chi connectivity index (χ1n) is 4.66. The van der Waals surface area contributed by atoms with Crippen LogP contribution in [0, 0.1) is 0 Å². The molecule has 1 aromatic rings. The molecular weight excluding hydrogens is 196 g/mol. The number of rotatable bonds is 4. The standard InChI is InChI=1S/C11H14O2S/c1-2-8-13-11(12)14-9-10-6-4-3-5-7-10/h3-7H,2,8-9H2,1H3. The van der Waals surface area contributed by atoms with Gasteiger partial charge in [0.05, 0.1) is 6.61 Å². The van der Waals surface area contributed by atoms with Gasteiger partial charge in [-0.25, -0.2) is 4.79 Å². The van der Waals surface area contributed by atoms with Gasteiger partial charge in [0.25, 0.3) is 0 Å². The maximum Gasteiger partial charge on any atom is 0.367 e. The van der Waals surface area contributed by atoms with Crippen molar-refractivity contribution in [2.45, 2.75) is 19.1 Å². The molecule has 1 aromatic carbocycles. The molecule has 14 heavy (non-hydrogen) atoms. The molecule has 1 rings (SSSR count). The van der Waals surface area contributed by atoms with Gasteiger partial charge in [-0.2, -0.15) is 0 Å².